The molecule has 8 heteroatoms. The van der Waals surface area contributed by atoms with Crippen LogP contribution >= 0.6 is 11.3 Å². The molecule has 0 radical (unpaired) electrons. The van der Waals surface area contributed by atoms with Gasteiger partial charge in [-0.05, 0) is 46.5 Å². The molecule has 0 aromatic carbocycles. The molecule has 1 aliphatic heterocycles. The summed E-state index contributed by atoms with van der Waals surface area (Å²) in [5.41, 5.74) is 0.877. The van der Waals surface area contributed by atoms with Gasteiger partial charge in [0.05, 0.1) is 11.6 Å². The molecule has 1 aromatic rings. The molecule has 1 saturated heterocycles. The first kappa shape index (κ1) is 18.8. The van der Waals surface area contributed by atoms with E-state index < -0.39 is 6.10 Å². The number of carbonyl (C=O) groups is 3. The zero-order valence-electron chi connectivity index (χ0n) is 15.4. The Bertz CT molecular complexity index is 686. The second kappa shape index (κ2) is 7.73. The Labute approximate surface area is 157 Å². The van der Waals surface area contributed by atoms with E-state index in [0.717, 1.165) is 23.4 Å². The summed E-state index contributed by atoms with van der Waals surface area (Å²) < 4.78 is 5.34. The van der Waals surface area contributed by atoms with Gasteiger partial charge in [0, 0.05) is 23.9 Å². The number of aromatic nitrogens is 1. The molecule has 26 heavy (non-hydrogen) atoms. The highest BCUT2D eigenvalue weighted by Crippen LogP contribution is 2.32. The number of anilines is 1. The first-order chi connectivity index (χ1) is 12.3. The molecule has 1 atom stereocenters. The van der Waals surface area contributed by atoms with Crippen molar-refractivity contribution >= 4 is 34.3 Å². The number of rotatable bonds is 5. The van der Waals surface area contributed by atoms with Crippen LogP contribution in [0, 0.1) is 25.7 Å². The smallest absolute Gasteiger partial charge is 0.309 e. The third-order valence-electron chi connectivity index (χ3n) is 4.99. The molecule has 1 aromatic heterocycles. The van der Waals surface area contributed by atoms with Gasteiger partial charge in [-0.3, -0.25) is 19.7 Å². The van der Waals surface area contributed by atoms with E-state index in [-0.39, 0.29) is 29.6 Å². The Morgan fingerprint density at radius 2 is 1.81 bits per heavy atom. The van der Waals surface area contributed by atoms with Crippen molar-refractivity contribution in [2.45, 2.75) is 52.6 Å². The lowest BCUT2D eigenvalue weighted by Crippen LogP contribution is -2.42. The van der Waals surface area contributed by atoms with Gasteiger partial charge in [-0.2, -0.15) is 0 Å². The zero-order valence-corrected chi connectivity index (χ0v) is 16.2. The first-order valence-electron chi connectivity index (χ1n) is 9.09. The van der Waals surface area contributed by atoms with E-state index in [2.05, 4.69) is 10.3 Å². The van der Waals surface area contributed by atoms with Crippen LogP contribution in [-0.2, 0) is 19.1 Å². The van der Waals surface area contributed by atoms with Gasteiger partial charge in [0.15, 0.2) is 11.2 Å². The van der Waals surface area contributed by atoms with E-state index in [0.29, 0.717) is 31.1 Å². The molecule has 1 N–H and O–H groups in total. The highest BCUT2D eigenvalue weighted by atomic mass is 32.1. The van der Waals surface area contributed by atoms with Crippen LogP contribution in [0.1, 0.15) is 43.2 Å². The van der Waals surface area contributed by atoms with E-state index in [4.69, 9.17) is 4.74 Å². The van der Waals surface area contributed by atoms with Gasteiger partial charge in [-0.1, -0.05) is 0 Å². The minimum atomic E-state index is -0.877. The summed E-state index contributed by atoms with van der Waals surface area (Å²) in [5.74, 6) is -0.567. The van der Waals surface area contributed by atoms with Crippen molar-refractivity contribution < 1.29 is 19.1 Å². The van der Waals surface area contributed by atoms with Gasteiger partial charge in [0.1, 0.15) is 0 Å². The Morgan fingerprint density at radius 1 is 1.15 bits per heavy atom. The highest BCUT2D eigenvalue weighted by molar-refractivity contribution is 7.15. The van der Waals surface area contributed by atoms with Crippen LogP contribution < -0.4 is 5.32 Å². The zero-order chi connectivity index (χ0) is 18.8. The molecule has 0 bridgehead atoms. The number of aryl methyl sites for hydroxylation is 2. The number of amides is 2. The van der Waals surface area contributed by atoms with Crippen LogP contribution in [0.4, 0.5) is 5.13 Å². The molecule has 1 saturated carbocycles. The largest absolute Gasteiger partial charge is 0.452 e. The van der Waals surface area contributed by atoms with Crippen molar-refractivity contribution in [3.8, 4) is 0 Å². The number of carbonyl (C=O) groups excluding carboxylic acids is 3. The lowest BCUT2D eigenvalue weighted by Gasteiger charge is -2.31. The molecule has 1 aliphatic carbocycles. The molecular formula is C18H25N3O4S. The second-order valence-corrected chi connectivity index (χ2v) is 8.31. The van der Waals surface area contributed by atoms with Crippen LogP contribution in [0.2, 0.25) is 0 Å². The van der Waals surface area contributed by atoms with Crippen LogP contribution in [0.5, 0.6) is 0 Å². The third-order valence-corrected chi connectivity index (χ3v) is 5.98. The molecule has 2 aliphatic rings. The number of piperidine rings is 1. The number of thiazole rings is 1. The third kappa shape index (κ3) is 4.41. The van der Waals surface area contributed by atoms with Gasteiger partial charge < -0.3 is 9.64 Å². The summed E-state index contributed by atoms with van der Waals surface area (Å²) in [6, 6.07) is 0. The van der Waals surface area contributed by atoms with Crippen LogP contribution in [0.3, 0.4) is 0 Å². The molecule has 7 nitrogen and oxygen atoms in total. The molecule has 3 rings (SSSR count). The summed E-state index contributed by atoms with van der Waals surface area (Å²) in [6.07, 6.45) is 2.29. The number of likely N-dealkylation sites (tertiary alicyclic amines) is 1. The van der Waals surface area contributed by atoms with E-state index in [1.54, 1.807) is 6.92 Å². The lowest BCUT2D eigenvalue weighted by molar-refractivity contribution is -0.159. The van der Waals surface area contributed by atoms with Crippen molar-refractivity contribution in [2.75, 3.05) is 18.4 Å². The van der Waals surface area contributed by atoms with Gasteiger partial charge in [-0.25, -0.2) is 4.98 Å². The second-order valence-electron chi connectivity index (χ2n) is 7.10. The van der Waals surface area contributed by atoms with Crippen LogP contribution in [-0.4, -0.2) is 46.9 Å². The van der Waals surface area contributed by atoms with Crippen LogP contribution in [0.25, 0.3) is 0 Å². The number of hydrogen-bond acceptors (Lipinski definition) is 6. The fourth-order valence-corrected chi connectivity index (χ4v) is 3.80. The Hall–Kier alpha value is -1.96. The maximum absolute atomic E-state index is 12.3. The van der Waals surface area contributed by atoms with E-state index in [1.165, 1.54) is 11.3 Å². The standard InChI is InChI=1S/C18H25N3O4S/c1-10-12(3)26-18(19-10)20-15(22)11(2)25-17(24)14-6-8-21(9-7-14)16(23)13-4-5-13/h11,13-14H,4-9H2,1-3H3,(H,19,20,22)/t11-/m1/s1. The fraction of sp³-hybridized carbons (Fsp3) is 0.667. The van der Waals surface area contributed by atoms with Gasteiger partial charge in [-0.15, -0.1) is 11.3 Å². The number of esters is 1. The molecule has 142 valence electrons. The minimum absolute atomic E-state index is 0.209. The van der Waals surface area contributed by atoms with Gasteiger partial charge in [0.2, 0.25) is 5.91 Å². The first-order valence-corrected chi connectivity index (χ1v) is 9.91. The highest BCUT2D eigenvalue weighted by Gasteiger charge is 2.36. The number of ether oxygens (including phenoxy) is 1. The van der Waals surface area contributed by atoms with E-state index >= 15 is 0 Å². The Kier molecular flexibility index (Phi) is 5.60. The lowest BCUT2D eigenvalue weighted by atomic mass is 9.96. The molecular weight excluding hydrogens is 354 g/mol. The number of nitrogens with zero attached hydrogens (tertiary/aromatic N) is 2. The average molecular weight is 379 g/mol. The predicted octanol–water partition coefficient (Wildman–Crippen LogP) is 2.28. The topological polar surface area (TPSA) is 88.6 Å². The maximum Gasteiger partial charge on any atom is 0.309 e. The minimum Gasteiger partial charge on any atom is -0.452 e. The molecule has 2 amide bonds. The van der Waals surface area contributed by atoms with Crippen LogP contribution in [0.15, 0.2) is 0 Å². The fourth-order valence-electron chi connectivity index (χ4n) is 2.98. The monoisotopic (exact) mass is 379 g/mol. The quantitative estimate of drug-likeness (QED) is 0.793. The van der Waals surface area contributed by atoms with Crippen molar-refractivity contribution in [3.05, 3.63) is 10.6 Å². The summed E-state index contributed by atoms with van der Waals surface area (Å²) in [5, 5.41) is 3.21. The summed E-state index contributed by atoms with van der Waals surface area (Å²) in [7, 11) is 0. The molecule has 0 spiro atoms. The Balaban J connectivity index is 1.45. The van der Waals surface area contributed by atoms with Crippen molar-refractivity contribution in [3.63, 3.8) is 0 Å². The number of hydrogen-bond donors (Lipinski definition) is 1. The molecule has 2 fully saturated rings. The maximum atomic E-state index is 12.3. The normalized spacial score (nSPS) is 19.1. The molecule has 0 unspecified atom stereocenters. The average Bonchev–Trinajstić information content (AvgIpc) is 3.41. The van der Waals surface area contributed by atoms with Crippen molar-refractivity contribution in [1.82, 2.24) is 9.88 Å². The SMILES string of the molecule is Cc1nc(NC(=O)[C@@H](C)OC(=O)C2CCN(C(=O)C3CC3)CC2)sc1C. The predicted molar refractivity (Wildman–Crippen MR) is 97.8 cm³/mol. The van der Waals surface area contributed by atoms with Gasteiger partial charge >= 0.3 is 5.97 Å². The summed E-state index contributed by atoms with van der Waals surface area (Å²) in [6.45, 7) is 6.56. The summed E-state index contributed by atoms with van der Waals surface area (Å²) >= 11 is 1.40. The van der Waals surface area contributed by atoms with Crippen molar-refractivity contribution in [1.29, 1.82) is 0 Å². The van der Waals surface area contributed by atoms with E-state index in [9.17, 15) is 14.4 Å². The summed E-state index contributed by atoms with van der Waals surface area (Å²) in [4.78, 5) is 43.7. The van der Waals surface area contributed by atoms with Gasteiger partial charge in [0.25, 0.3) is 5.91 Å². The van der Waals surface area contributed by atoms with E-state index in [1.807, 2.05) is 18.7 Å². The Morgan fingerprint density at radius 3 is 2.35 bits per heavy atom. The molecule has 2 heterocycles. The van der Waals surface area contributed by atoms with Crippen molar-refractivity contribution in [2.24, 2.45) is 11.8 Å². The number of nitrogens with one attached hydrogen (secondary N) is 1.